The normalized spacial score (nSPS) is 17.0. The number of halogens is 1. The van der Waals surface area contributed by atoms with E-state index in [4.69, 9.17) is 16.3 Å². The van der Waals surface area contributed by atoms with Gasteiger partial charge in [0.25, 0.3) is 0 Å². The molecule has 0 saturated heterocycles. The maximum absolute atomic E-state index is 12.3. The molecule has 5 nitrogen and oxygen atoms in total. The van der Waals surface area contributed by atoms with Crippen molar-refractivity contribution in [3.8, 4) is 0 Å². The number of benzene rings is 2. The number of carbonyl (C=O) groups excluding carboxylic acids is 3. The van der Waals surface area contributed by atoms with E-state index in [-0.39, 0.29) is 18.1 Å². The second-order valence-electron chi connectivity index (χ2n) is 5.80. The number of hydrogen-bond acceptors (Lipinski definition) is 5. The molecule has 2 aromatic carbocycles. The maximum atomic E-state index is 12.3. The van der Waals surface area contributed by atoms with Crippen LogP contribution in [0.1, 0.15) is 23.7 Å². The van der Waals surface area contributed by atoms with Gasteiger partial charge in [-0.15, -0.1) is 11.8 Å². The molecule has 1 N–H and O–H groups in total. The number of amides is 1. The Morgan fingerprint density at radius 2 is 2.00 bits per heavy atom. The summed E-state index contributed by atoms with van der Waals surface area (Å²) in [4.78, 5) is 37.6. The van der Waals surface area contributed by atoms with Crippen LogP contribution in [0.2, 0.25) is 5.02 Å². The number of hydrogen-bond donors (Lipinski definition) is 1. The quantitative estimate of drug-likeness (QED) is 0.619. The zero-order valence-corrected chi connectivity index (χ0v) is 15.5. The number of carbonyl (C=O) groups is 3. The van der Waals surface area contributed by atoms with E-state index in [1.165, 1.54) is 24.8 Å². The van der Waals surface area contributed by atoms with Gasteiger partial charge in [-0.25, -0.2) is 0 Å². The van der Waals surface area contributed by atoms with Crippen molar-refractivity contribution in [2.45, 2.75) is 29.6 Å². The van der Waals surface area contributed by atoms with Crippen LogP contribution in [0.25, 0.3) is 0 Å². The number of para-hydroxylation sites is 1. The SMILES string of the molecule is CC(OC(=O)CC1Sc2ccccc2NC1=O)C(=O)c1cccc(Cl)c1. The first-order chi connectivity index (χ1) is 12.4. The average molecular weight is 390 g/mol. The van der Waals surface area contributed by atoms with Crippen molar-refractivity contribution in [2.75, 3.05) is 5.32 Å². The van der Waals surface area contributed by atoms with Gasteiger partial charge < -0.3 is 10.1 Å². The third kappa shape index (κ3) is 4.26. The van der Waals surface area contributed by atoms with Crippen LogP contribution in [0.3, 0.4) is 0 Å². The number of ketones is 1. The summed E-state index contributed by atoms with van der Waals surface area (Å²) in [6.45, 7) is 1.50. The van der Waals surface area contributed by atoms with Gasteiger partial charge in [-0.05, 0) is 31.2 Å². The third-order valence-electron chi connectivity index (χ3n) is 3.85. The number of rotatable bonds is 5. The van der Waals surface area contributed by atoms with E-state index in [1.54, 1.807) is 24.3 Å². The van der Waals surface area contributed by atoms with Crippen molar-refractivity contribution in [3.05, 3.63) is 59.1 Å². The van der Waals surface area contributed by atoms with Gasteiger partial charge in [-0.1, -0.05) is 35.9 Å². The molecule has 0 saturated carbocycles. The standard InChI is InChI=1S/C19H16ClNO4S/c1-11(18(23)12-5-4-6-13(20)9-12)25-17(22)10-16-19(24)21-14-7-2-3-8-15(14)26-16/h2-9,11,16H,10H2,1H3,(H,21,24). The van der Waals surface area contributed by atoms with Gasteiger partial charge in [0.2, 0.25) is 11.7 Å². The molecule has 2 atom stereocenters. The molecule has 1 aliphatic rings. The van der Waals surface area contributed by atoms with Crippen LogP contribution in [-0.2, 0) is 14.3 Å². The minimum Gasteiger partial charge on any atom is -0.454 e. The van der Waals surface area contributed by atoms with Crippen molar-refractivity contribution in [2.24, 2.45) is 0 Å². The number of Topliss-reactive ketones (excluding diaryl/α,β-unsaturated/α-hetero) is 1. The Balaban J connectivity index is 1.60. The summed E-state index contributed by atoms with van der Waals surface area (Å²) in [6, 6.07) is 13.8. The molecule has 134 valence electrons. The third-order valence-corrected chi connectivity index (χ3v) is 5.36. The smallest absolute Gasteiger partial charge is 0.308 e. The Kier molecular flexibility index (Phi) is 5.64. The lowest BCUT2D eigenvalue weighted by Crippen LogP contribution is -2.33. The lowest BCUT2D eigenvalue weighted by molar-refractivity contribution is -0.147. The van der Waals surface area contributed by atoms with Crippen LogP contribution >= 0.6 is 23.4 Å². The topological polar surface area (TPSA) is 72.5 Å². The van der Waals surface area contributed by atoms with E-state index in [2.05, 4.69) is 5.32 Å². The van der Waals surface area contributed by atoms with Crippen molar-refractivity contribution in [3.63, 3.8) is 0 Å². The van der Waals surface area contributed by atoms with Gasteiger partial charge in [0.1, 0.15) is 0 Å². The monoisotopic (exact) mass is 389 g/mol. The van der Waals surface area contributed by atoms with Gasteiger partial charge in [0.05, 0.1) is 17.4 Å². The van der Waals surface area contributed by atoms with Crippen LogP contribution in [0, 0.1) is 0 Å². The summed E-state index contributed by atoms with van der Waals surface area (Å²) in [5, 5.41) is 2.62. The lowest BCUT2D eigenvalue weighted by Gasteiger charge is -2.23. The second kappa shape index (κ2) is 7.93. The summed E-state index contributed by atoms with van der Waals surface area (Å²) < 4.78 is 5.22. The molecular formula is C19H16ClNO4S. The highest BCUT2D eigenvalue weighted by atomic mass is 35.5. The van der Waals surface area contributed by atoms with Crippen LogP contribution in [0.5, 0.6) is 0 Å². The molecule has 1 amide bonds. The average Bonchev–Trinajstić information content (AvgIpc) is 2.61. The van der Waals surface area contributed by atoms with Crippen LogP contribution in [0.4, 0.5) is 5.69 Å². The fourth-order valence-corrected chi connectivity index (χ4v) is 3.84. The molecule has 0 radical (unpaired) electrons. The van der Waals surface area contributed by atoms with Crippen LogP contribution in [-0.4, -0.2) is 29.0 Å². The largest absolute Gasteiger partial charge is 0.454 e. The van der Waals surface area contributed by atoms with Crippen molar-refractivity contribution in [1.82, 2.24) is 0 Å². The predicted octanol–water partition coefficient (Wildman–Crippen LogP) is 3.96. The first kappa shape index (κ1) is 18.5. The summed E-state index contributed by atoms with van der Waals surface area (Å²) in [6.07, 6.45) is -1.07. The number of esters is 1. The van der Waals surface area contributed by atoms with Gasteiger partial charge in [0, 0.05) is 15.5 Å². The molecule has 2 aromatic rings. The highest BCUT2D eigenvalue weighted by Crippen LogP contribution is 2.36. The van der Waals surface area contributed by atoms with Gasteiger partial charge in [-0.3, -0.25) is 14.4 Å². The first-order valence-corrected chi connectivity index (χ1v) is 9.25. The Bertz CT molecular complexity index is 870. The maximum Gasteiger partial charge on any atom is 0.308 e. The number of fused-ring (bicyclic) bond motifs is 1. The Labute approximate surface area is 160 Å². The molecule has 0 fully saturated rings. The van der Waals surface area contributed by atoms with E-state index >= 15 is 0 Å². The minimum absolute atomic E-state index is 0.113. The number of nitrogens with one attached hydrogen (secondary N) is 1. The molecular weight excluding hydrogens is 374 g/mol. The van der Waals surface area contributed by atoms with Crippen molar-refractivity contribution in [1.29, 1.82) is 0 Å². The molecule has 0 aliphatic carbocycles. The lowest BCUT2D eigenvalue weighted by atomic mass is 10.1. The first-order valence-electron chi connectivity index (χ1n) is 8.00. The molecule has 0 aromatic heterocycles. The second-order valence-corrected chi connectivity index (χ2v) is 7.48. The van der Waals surface area contributed by atoms with Crippen LogP contribution < -0.4 is 5.32 Å². The van der Waals surface area contributed by atoms with Crippen molar-refractivity contribution >= 4 is 46.7 Å². The molecule has 0 spiro atoms. The summed E-state index contributed by atoms with van der Waals surface area (Å²) >= 11 is 7.19. The summed E-state index contributed by atoms with van der Waals surface area (Å²) in [7, 11) is 0. The highest BCUT2D eigenvalue weighted by molar-refractivity contribution is 8.01. The molecule has 0 bridgehead atoms. The summed E-state index contributed by atoms with van der Waals surface area (Å²) in [5.74, 6) is -1.19. The Hall–Kier alpha value is -2.31. The Morgan fingerprint density at radius 1 is 1.23 bits per heavy atom. The van der Waals surface area contributed by atoms with E-state index in [0.29, 0.717) is 10.6 Å². The van der Waals surface area contributed by atoms with Gasteiger partial charge in [0.15, 0.2) is 6.10 Å². The fourth-order valence-electron chi connectivity index (χ4n) is 2.55. The van der Waals surface area contributed by atoms with Crippen molar-refractivity contribution < 1.29 is 19.1 Å². The number of thioether (sulfide) groups is 1. The molecule has 2 unspecified atom stereocenters. The molecule has 1 aliphatic heterocycles. The zero-order chi connectivity index (χ0) is 18.7. The number of anilines is 1. The van der Waals surface area contributed by atoms with E-state index in [9.17, 15) is 14.4 Å². The minimum atomic E-state index is -0.954. The van der Waals surface area contributed by atoms with E-state index < -0.39 is 17.3 Å². The molecule has 7 heteroatoms. The van der Waals surface area contributed by atoms with E-state index in [1.807, 2.05) is 18.2 Å². The van der Waals surface area contributed by atoms with E-state index in [0.717, 1.165) is 10.6 Å². The van der Waals surface area contributed by atoms with Gasteiger partial charge in [-0.2, -0.15) is 0 Å². The molecule has 26 heavy (non-hydrogen) atoms. The zero-order valence-electron chi connectivity index (χ0n) is 13.9. The van der Waals surface area contributed by atoms with Crippen LogP contribution in [0.15, 0.2) is 53.4 Å². The fraction of sp³-hybridized carbons (Fsp3) is 0.211. The highest BCUT2D eigenvalue weighted by Gasteiger charge is 2.30. The molecule has 1 heterocycles. The van der Waals surface area contributed by atoms with Gasteiger partial charge >= 0.3 is 5.97 Å². The molecule has 3 rings (SSSR count). The number of ether oxygens (including phenoxy) is 1. The summed E-state index contributed by atoms with van der Waals surface area (Å²) in [5.41, 5.74) is 1.10. The Morgan fingerprint density at radius 3 is 2.77 bits per heavy atom. The predicted molar refractivity (Wildman–Crippen MR) is 101 cm³/mol.